The molecule has 0 bridgehead atoms. The number of hydrogen-bond donors (Lipinski definition) is 3. The number of pyridine rings is 1. The Morgan fingerprint density at radius 3 is 3.00 bits per heavy atom. The maximum atomic E-state index is 7.94. The molecule has 9 nitrogen and oxygen atoms in total. The highest BCUT2D eigenvalue weighted by Gasteiger charge is 2.32. The van der Waals surface area contributed by atoms with Crippen LogP contribution >= 0.6 is 11.3 Å². The Bertz CT molecular complexity index is 923. The third-order valence-corrected chi connectivity index (χ3v) is 5.18. The molecule has 140 valence electrons. The molecule has 3 N–H and O–H groups in total. The number of rotatable bonds is 5. The van der Waals surface area contributed by atoms with Crippen LogP contribution in [-0.4, -0.2) is 56.9 Å². The lowest BCUT2D eigenvalue weighted by Crippen LogP contribution is -2.53. The highest BCUT2D eigenvalue weighted by Crippen LogP contribution is 2.35. The smallest absolute Gasteiger partial charge is 0.148 e. The number of morpholine rings is 1. The number of ether oxygens (including phenoxy) is 1. The predicted octanol–water partition coefficient (Wildman–Crippen LogP) is 2.68. The summed E-state index contributed by atoms with van der Waals surface area (Å²) in [4.78, 5) is 7.05. The molecule has 0 radical (unpaired) electrons. The van der Waals surface area contributed by atoms with Gasteiger partial charge in [0.1, 0.15) is 28.0 Å². The molecule has 1 fully saturated rings. The van der Waals surface area contributed by atoms with Crippen LogP contribution in [0.15, 0.2) is 23.8 Å². The zero-order chi connectivity index (χ0) is 18.9. The fourth-order valence-corrected chi connectivity index (χ4v) is 3.71. The molecule has 27 heavy (non-hydrogen) atoms. The molecular weight excluding hydrogens is 364 g/mol. The van der Waals surface area contributed by atoms with Gasteiger partial charge >= 0.3 is 0 Å². The average Bonchev–Trinajstić information content (AvgIpc) is 3.34. The van der Waals surface area contributed by atoms with Gasteiger partial charge < -0.3 is 20.4 Å². The highest BCUT2D eigenvalue weighted by molar-refractivity contribution is 7.12. The zero-order valence-electron chi connectivity index (χ0n) is 15.1. The molecule has 4 rings (SSSR count). The Balaban J connectivity index is 1.86. The summed E-state index contributed by atoms with van der Waals surface area (Å²) in [6.07, 6.45) is 2.95. The number of nitrogens with zero attached hydrogens (tertiary/aromatic N) is 5. The van der Waals surface area contributed by atoms with E-state index < -0.39 is 0 Å². The van der Waals surface area contributed by atoms with Crippen molar-refractivity contribution in [3.8, 4) is 10.6 Å². The SMILES string of the molecule is CC1(C)COCCN1c1cc(-c2nncs2)c(C=N)c(Nc2ccn[nH]2)n1. The van der Waals surface area contributed by atoms with Gasteiger partial charge in [0.25, 0.3) is 0 Å². The van der Waals surface area contributed by atoms with Gasteiger partial charge in [-0.25, -0.2) is 4.98 Å². The summed E-state index contributed by atoms with van der Waals surface area (Å²) in [5.74, 6) is 2.08. The van der Waals surface area contributed by atoms with Gasteiger partial charge in [-0.15, -0.1) is 10.2 Å². The van der Waals surface area contributed by atoms with Crippen LogP contribution in [-0.2, 0) is 4.74 Å². The minimum atomic E-state index is -0.193. The van der Waals surface area contributed by atoms with Crippen LogP contribution < -0.4 is 10.2 Å². The van der Waals surface area contributed by atoms with Crippen LogP contribution in [0.5, 0.6) is 0 Å². The Morgan fingerprint density at radius 2 is 2.33 bits per heavy atom. The van der Waals surface area contributed by atoms with E-state index >= 15 is 0 Å². The Hall–Kier alpha value is -2.85. The maximum absolute atomic E-state index is 7.94. The van der Waals surface area contributed by atoms with Crippen molar-refractivity contribution in [2.24, 2.45) is 0 Å². The summed E-state index contributed by atoms with van der Waals surface area (Å²) in [6.45, 7) is 6.27. The fraction of sp³-hybridized carbons (Fsp3) is 0.353. The molecule has 0 unspecified atom stereocenters. The molecule has 0 aromatic carbocycles. The molecule has 0 saturated carbocycles. The van der Waals surface area contributed by atoms with E-state index in [1.165, 1.54) is 17.6 Å². The first-order chi connectivity index (χ1) is 13.1. The molecule has 1 saturated heterocycles. The normalized spacial score (nSPS) is 16.3. The molecule has 0 atom stereocenters. The van der Waals surface area contributed by atoms with Gasteiger partial charge in [-0.3, -0.25) is 5.10 Å². The Labute approximate surface area is 160 Å². The number of H-pyrrole nitrogens is 1. The summed E-state index contributed by atoms with van der Waals surface area (Å²) in [5, 5.41) is 26.9. The van der Waals surface area contributed by atoms with Crippen molar-refractivity contribution >= 4 is 35.0 Å². The van der Waals surface area contributed by atoms with Crippen LogP contribution in [0.1, 0.15) is 19.4 Å². The minimum Gasteiger partial charge on any atom is -0.377 e. The van der Waals surface area contributed by atoms with E-state index in [0.717, 1.165) is 22.9 Å². The molecule has 3 aromatic heterocycles. The fourth-order valence-electron chi connectivity index (χ4n) is 3.12. The number of nitrogens with one attached hydrogen (secondary N) is 3. The van der Waals surface area contributed by atoms with Gasteiger partial charge in [-0.05, 0) is 19.9 Å². The lowest BCUT2D eigenvalue weighted by molar-refractivity contribution is 0.0639. The van der Waals surface area contributed by atoms with E-state index in [0.29, 0.717) is 30.4 Å². The summed E-state index contributed by atoms with van der Waals surface area (Å²) < 4.78 is 5.64. The monoisotopic (exact) mass is 384 g/mol. The lowest BCUT2D eigenvalue weighted by atomic mass is 10.0. The molecule has 1 aliphatic rings. The minimum absolute atomic E-state index is 0.193. The van der Waals surface area contributed by atoms with E-state index in [-0.39, 0.29) is 5.54 Å². The van der Waals surface area contributed by atoms with E-state index in [1.54, 1.807) is 11.7 Å². The van der Waals surface area contributed by atoms with Crippen molar-refractivity contribution in [1.29, 1.82) is 5.41 Å². The van der Waals surface area contributed by atoms with Crippen LogP contribution in [0.25, 0.3) is 10.6 Å². The molecule has 10 heteroatoms. The lowest BCUT2D eigenvalue weighted by Gasteiger charge is -2.43. The van der Waals surface area contributed by atoms with Crippen LogP contribution in [0.4, 0.5) is 17.5 Å². The molecular formula is C17H20N8OS. The first kappa shape index (κ1) is 17.6. The van der Waals surface area contributed by atoms with Crippen molar-refractivity contribution in [2.75, 3.05) is 30.0 Å². The van der Waals surface area contributed by atoms with E-state index in [1.807, 2.05) is 12.1 Å². The maximum Gasteiger partial charge on any atom is 0.148 e. The van der Waals surface area contributed by atoms with E-state index in [2.05, 4.69) is 44.5 Å². The molecule has 4 heterocycles. The van der Waals surface area contributed by atoms with Gasteiger partial charge in [0, 0.05) is 30.0 Å². The summed E-state index contributed by atoms with van der Waals surface area (Å²) in [5.41, 5.74) is 2.96. The molecule has 3 aromatic rings. The van der Waals surface area contributed by atoms with Gasteiger partial charge in [-0.1, -0.05) is 11.3 Å². The predicted molar refractivity (Wildman–Crippen MR) is 105 cm³/mol. The molecule has 0 aliphatic carbocycles. The first-order valence-corrected chi connectivity index (χ1v) is 9.40. The van der Waals surface area contributed by atoms with E-state index in [9.17, 15) is 0 Å². The van der Waals surface area contributed by atoms with Gasteiger partial charge in [0.15, 0.2) is 0 Å². The van der Waals surface area contributed by atoms with E-state index in [4.69, 9.17) is 15.1 Å². The Kier molecular flexibility index (Phi) is 4.58. The highest BCUT2D eigenvalue weighted by atomic mass is 32.1. The van der Waals surface area contributed by atoms with Crippen LogP contribution in [0, 0.1) is 5.41 Å². The third-order valence-electron chi connectivity index (χ3n) is 4.46. The van der Waals surface area contributed by atoms with Crippen molar-refractivity contribution < 1.29 is 4.74 Å². The van der Waals surface area contributed by atoms with Gasteiger partial charge in [0.05, 0.1) is 24.9 Å². The summed E-state index contributed by atoms with van der Waals surface area (Å²) >= 11 is 1.43. The molecule has 1 aliphatic heterocycles. The van der Waals surface area contributed by atoms with Crippen molar-refractivity contribution in [3.05, 3.63) is 29.4 Å². The van der Waals surface area contributed by atoms with Crippen molar-refractivity contribution in [2.45, 2.75) is 19.4 Å². The van der Waals surface area contributed by atoms with Crippen molar-refractivity contribution in [1.82, 2.24) is 25.4 Å². The second-order valence-corrected chi connectivity index (χ2v) is 7.62. The topological polar surface area (TPSA) is 116 Å². The largest absolute Gasteiger partial charge is 0.377 e. The summed E-state index contributed by atoms with van der Waals surface area (Å²) in [7, 11) is 0. The zero-order valence-corrected chi connectivity index (χ0v) is 15.9. The number of aromatic nitrogens is 5. The summed E-state index contributed by atoms with van der Waals surface area (Å²) in [6, 6.07) is 3.79. The number of hydrogen-bond acceptors (Lipinski definition) is 9. The quantitative estimate of drug-likeness (QED) is 0.579. The van der Waals surface area contributed by atoms with Crippen molar-refractivity contribution in [3.63, 3.8) is 0 Å². The second kappa shape index (κ2) is 7.05. The van der Waals surface area contributed by atoms with Crippen LogP contribution in [0.3, 0.4) is 0 Å². The Morgan fingerprint density at radius 1 is 1.44 bits per heavy atom. The first-order valence-electron chi connectivity index (χ1n) is 8.52. The second-order valence-electron chi connectivity index (χ2n) is 6.79. The average molecular weight is 384 g/mol. The molecule has 0 spiro atoms. The number of aromatic amines is 1. The van der Waals surface area contributed by atoms with Gasteiger partial charge in [-0.2, -0.15) is 5.10 Å². The third kappa shape index (κ3) is 3.40. The number of anilines is 3. The standard InChI is InChI=1S/C17H20N8OS/c1-17(2)9-26-6-5-25(17)14-7-11(16-24-20-10-27-16)12(8-18)15(22-14)21-13-3-4-19-23-13/h3-4,7-8,10,18H,5-6,9H2,1-2H3,(H2,19,21,22,23). The molecule has 0 amide bonds. The van der Waals surface area contributed by atoms with Gasteiger partial charge in [0.2, 0.25) is 0 Å². The van der Waals surface area contributed by atoms with Crippen LogP contribution in [0.2, 0.25) is 0 Å².